The molecule has 0 aliphatic rings. The first-order chi connectivity index (χ1) is 21.0. The lowest BCUT2D eigenvalue weighted by molar-refractivity contribution is 0.0945. The highest BCUT2D eigenvalue weighted by Crippen LogP contribution is 2.22. The predicted molar refractivity (Wildman–Crippen MR) is 169 cm³/mol. The van der Waals surface area contributed by atoms with Crippen LogP contribution in [0, 0.1) is 0 Å². The van der Waals surface area contributed by atoms with E-state index >= 15 is 0 Å². The number of fused-ring (bicyclic) bond motifs is 1. The first-order valence-electron chi connectivity index (χ1n) is 13.9. The lowest BCUT2D eigenvalue weighted by Crippen LogP contribution is -2.42. The van der Waals surface area contributed by atoms with Crippen molar-refractivity contribution in [1.82, 2.24) is 29.8 Å². The topological polar surface area (TPSA) is 171 Å². The van der Waals surface area contributed by atoms with Crippen LogP contribution in [0.3, 0.4) is 0 Å². The zero-order valence-electron chi connectivity index (χ0n) is 24.1. The summed E-state index contributed by atoms with van der Waals surface area (Å²) in [6.07, 6.45) is 1.73. The number of nitrogens with one attached hydrogen (secondary N) is 4. The van der Waals surface area contributed by atoms with Gasteiger partial charge in [-0.15, -0.1) is 10.2 Å². The number of aromatic nitrogens is 4. The molecule has 230 valence electrons. The Kier molecular flexibility index (Phi) is 9.25. The van der Waals surface area contributed by atoms with E-state index in [0.717, 1.165) is 5.39 Å². The van der Waals surface area contributed by atoms with E-state index in [9.17, 15) is 23.1 Å². The summed E-state index contributed by atoms with van der Waals surface area (Å²) in [5, 5.41) is 26.2. The van der Waals surface area contributed by atoms with Gasteiger partial charge in [0.15, 0.2) is 11.3 Å². The molecule has 5 N–H and O–H groups in total. The maximum Gasteiger partial charge on any atom is 0.272 e. The van der Waals surface area contributed by atoms with Crippen molar-refractivity contribution in [2.75, 3.05) is 11.3 Å². The molecular formula is C30H33N7O5S2. The number of carbonyl (C=O) groups excluding carboxylic acids is 1. The van der Waals surface area contributed by atoms with Gasteiger partial charge in [-0.1, -0.05) is 41.9 Å². The van der Waals surface area contributed by atoms with E-state index in [4.69, 9.17) is 0 Å². The minimum absolute atomic E-state index is 0.159. The summed E-state index contributed by atoms with van der Waals surface area (Å²) < 4.78 is 32.5. The summed E-state index contributed by atoms with van der Waals surface area (Å²) in [6, 6.07) is 19.8. The molecule has 5 aromatic rings. The molecule has 5 rings (SSSR count). The number of hydrogen-bond donors (Lipinski definition) is 5. The third-order valence-electron chi connectivity index (χ3n) is 7.07. The van der Waals surface area contributed by atoms with E-state index in [1.54, 1.807) is 48.5 Å². The molecule has 0 saturated carbocycles. The van der Waals surface area contributed by atoms with Crippen LogP contribution < -0.4 is 20.9 Å². The van der Waals surface area contributed by atoms with Crippen LogP contribution in [0.5, 0.6) is 0 Å². The van der Waals surface area contributed by atoms with Crippen LogP contribution in [-0.4, -0.2) is 50.7 Å². The fourth-order valence-corrected chi connectivity index (χ4v) is 6.22. The molecule has 0 radical (unpaired) electrons. The number of hydrogen-bond acceptors (Lipinski definition) is 9. The number of β-amino-alcohol motifs (C(OH)–C–C–N with tert-alkyl or cyclic N) is 1. The highest BCUT2D eigenvalue weighted by Gasteiger charge is 2.21. The van der Waals surface area contributed by atoms with Crippen LogP contribution in [0.4, 0.5) is 5.69 Å². The largest absolute Gasteiger partial charge is 0.387 e. The van der Waals surface area contributed by atoms with Gasteiger partial charge in [0, 0.05) is 46.8 Å². The van der Waals surface area contributed by atoms with E-state index in [0.29, 0.717) is 34.7 Å². The zero-order valence-corrected chi connectivity index (χ0v) is 25.8. The summed E-state index contributed by atoms with van der Waals surface area (Å²) in [5.74, 6) is -0.379. The van der Waals surface area contributed by atoms with Crippen molar-refractivity contribution in [3.63, 3.8) is 0 Å². The third-order valence-corrected chi connectivity index (χ3v) is 9.29. The van der Waals surface area contributed by atoms with Gasteiger partial charge in [-0.3, -0.25) is 18.7 Å². The van der Waals surface area contributed by atoms with Crippen LogP contribution in [0.2, 0.25) is 0 Å². The molecule has 14 heteroatoms. The van der Waals surface area contributed by atoms with Gasteiger partial charge in [0.2, 0.25) is 0 Å². The summed E-state index contributed by atoms with van der Waals surface area (Å²) in [6.45, 7) is 5.16. The van der Waals surface area contributed by atoms with Crippen molar-refractivity contribution in [1.29, 1.82) is 0 Å². The Morgan fingerprint density at radius 1 is 1.07 bits per heavy atom. The van der Waals surface area contributed by atoms with Crippen LogP contribution in [-0.2, 0) is 23.1 Å². The Morgan fingerprint density at radius 3 is 2.61 bits per heavy atom. The first kappa shape index (κ1) is 31.1. The maximum absolute atomic E-state index is 12.7. The number of H-pyrrole nitrogens is 1. The number of amides is 1. The number of rotatable bonds is 13. The summed E-state index contributed by atoms with van der Waals surface area (Å²) in [5.41, 5.74) is 1.22. The number of aliphatic hydroxyl groups is 1. The third kappa shape index (κ3) is 7.77. The molecular weight excluding hydrogens is 603 g/mol. The molecule has 3 aromatic heterocycles. The lowest BCUT2D eigenvalue weighted by atomic mass is 9.99. The van der Waals surface area contributed by atoms with E-state index in [-0.39, 0.29) is 40.7 Å². The SMILES string of the molecule is CC(C)(CCn1ccc2cc(C(=O)NCc3cc(=O)[nH]s3)nnc21)NC[C@H](O)c1cccc(NS(=O)(=O)c2ccccc2)c1. The monoisotopic (exact) mass is 635 g/mol. The van der Waals surface area contributed by atoms with Crippen LogP contribution in [0.15, 0.2) is 88.7 Å². The fourth-order valence-electron chi connectivity index (χ4n) is 4.55. The summed E-state index contributed by atoms with van der Waals surface area (Å²) in [4.78, 5) is 24.7. The molecule has 3 heterocycles. The highest BCUT2D eigenvalue weighted by molar-refractivity contribution is 7.92. The number of carbonyl (C=O) groups is 1. The normalized spacial score (nSPS) is 12.7. The molecule has 0 fully saturated rings. The number of aliphatic hydroxyl groups excluding tert-OH is 1. The number of anilines is 1. The second-order valence-electron chi connectivity index (χ2n) is 11.0. The van der Waals surface area contributed by atoms with Gasteiger partial charge in [0.1, 0.15) is 0 Å². The Labute approximate surface area is 258 Å². The van der Waals surface area contributed by atoms with Gasteiger partial charge in [0.05, 0.1) is 17.5 Å². The van der Waals surface area contributed by atoms with Crippen molar-refractivity contribution in [2.24, 2.45) is 0 Å². The second-order valence-corrected chi connectivity index (χ2v) is 13.6. The quantitative estimate of drug-likeness (QED) is 0.131. The number of benzene rings is 2. The lowest BCUT2D eigenvalue weighted by Gasteiger charge is -2.28. The molecule has 12 nitrogen and oxygen atoms in total. The molecule has 1 atom stereocenters. The number of sulfonamides is 1. The van der Waals surface area contributed by atoms with E-state index in [1.165, 1.54) is 29.7 Å². The van der Waals surface area contributed by atoms with Crippen molar-refractivity contribution in [2.45, 2.75) is 49.9 Å². The minimum atomic E-state index is -3.74. The van der Waals surface area contributed by atoms with E-state index in [1.807, 2.05) is 30.7 Å². The maximum atomic E-state index is 12.7. The molecule has 0 unspecified atom stereocenters. The van der Waals surface area contributed by atoms with Crippen molar-refractivity contribution < 1.29 is 18.3 Å². The molecule has 0 aliphatic heterocycles. The molecule has 0 bridgehead atoms. The number of nitrogens with zero attached hydrogens (tertiary/aromatic N) is 3. The zero-order chi connectivity index (χ0) is 31.3. The van der Waals surface area contributed by atoms with Crippen LogP contribution in [0.25, 0.3) is 11.0 Å². The average molecular weight is 636 g/mol. The van der Waals surface area contributed by atoms with Gasteiger partial charge >= 0.3 is 0 Å². The molecule has 0 aliphatic carbocycles. The Balaban J connectivity index is 1.14. The molecule has 1 amide bonds. The molecule has 44 heavy (non-hydrogen) atoms. The fraction of sp³-hybridized carbons (Fsp3) is 0.267. The number of aromatic amines is 1. The van der Waals surface area contributed by atoms with Gasteiger partial charge in [0.25, 0.3) is 21.5 Å². The van der Waals surface area contributed by atoms with Crippen molar-refractivity contribution in [3.05, 3.63) is 105 Å². The van der Waals surface area contributed by atoms with Gasteiger partial charge in [-0.2, -0.15) is 0 Å². The van der Waals surface area contributed by atoms with Crippen LogP contribution in [0.1, 0.15) is 47.3 Å². The second kappa shape index (κ2) is 13.1. The Hall–Kier alpha value is -4.37. The summed E-state index contributed by atoms with van der Waals surface area (Å²) in [7, 11) is -3.74. The summed E-state index contributed by atoms with van der Waals surface area (Å²) >= 11 is 1.17. The smallest absolute Gasteiger partial charge is 0.272 e. The van der Waals surface area contributed by atoms with Gasteiger partial charge < -0.3 is 20.3 Å². The number of aryl methyl sites for hydroxylation is 1. The standard InChI is InChI=1S/C30H33N7O5S2/c1-30(2,32-19-26(38)20-7-6-8-22(15-20)36-44(41,42)24-9-4-3-5-10-24)12-14-37-13-11-21-16-25(33-34-28(21)37)29(40)31-18-23-17-27(39)35-43-23/h3-11,13,15-17,26,32,36,38H,12,14,18-19H2,1-2H3,(H,31,40)(H,35,39)/t26-/m0/s1. The van der Waals surface area contributed by atoms with Crippen molar-refractivity contribution >= 4 is 44.2 Å². The molecule has 2 aromatic carbocycles. The first-order valence-corrected chi connectivity index (χ1v) is 16.2. The van der Waals surface area contributed by atoms with Gasteiger partial charge in [-0.25, -0.2) is 8.42 Å². The average Bonchev–Trinajstić information content (AvgIpc) is 3.63. The van der Waals surface area contributed by atoms with E-state index < -0.39 is 16.1 Å². The Morgan fingerprint density at radius 2 is 1.86 bits per heavy atom. The molecule has 0 saturated heterocycles. The van der Waals surface area contributed by atoms with Crippen LogP contribution >= 0.6 is 11.5 Å². The van der Waals surface area contributed by atoms with Gasteiger partial charge in [-0.05, 0) is 62.2 Å². The molecule has 0 spiro atoms. The highest BCUT2D eigenvalue weighted by atomic mass is 32.2. The Bertz CT molecular complexity index is 1920. The van der Waals surface area contributed by atoms with Crippen molar-refractivity contribution in [3.8, 4) is 0 Å². The predicted octanol–water partition coefficient (Wildman–Crippen LogP) is 3.40. The van der Waals surface area contributed by atoms with E-state index in [2.05, 4.69) is 29.9 Å². The minimum Gasteiger partial charge on any atom is -0.387 e.